The topological polar surface area (TPSA) is 105 Å². The molecule has 2 amide bonds. The van der Waals surface area contributed by atoms with E-state index in [2.05, 4.69) is 22.4 Å². The van der Waals surface area contributed by atoms with Crippen molar-refractivity contribution in [3.63, 3.8) is 0 Å². The summed E-state index contributed by atoms with van der Waals surface area (Å²) >= 11 is 0. The van der Waals surface area contributed by atoms with Crippen LogP contribution in [0.1, 0.15) is 63.5 Å². The smallest absolute Gasteiger partial charge is 0.254 e. The molecule has 8 nitrogen and oxygen atoms in total. The molecule has 0 aliphatic carbocycles. The number of likely N-dealkylation sites (N-methyl/N-ethyl adjacent to an activating group) is 1. The van der Waals surface area contributed by atoms with E-state index in [1.165, 1.54) is 5.56 Å². The number of fused-ring (bicyclic) bond motifs is 1. The fraction of sp³-hybridized carbons (Fsp3) is 0.400. The maximum atomic E-state index is 13.6. The van der Waals surface area contributed by atoms with Crippen LogP contribution in [-0.4, -0.2) is 64.8 Å². The third kappa shape index (κ3) is 4.89. The van der Waals surface area contributed by atoms with Gasteiger partial charge in [0, 0.05) is 38.3 Å². The predicted octanol–water partition coefficient (Wildman–Crippen LogP) is 4.40. The first-order chi connectivity index (χ1) is 18.2. The Morgan fingerprint density at radius 2 is 1.76 bits per heavy atom. The van der Waals surface area contributed by atoms with Crippen LogP contribution in [0.5, 0.6) is 0 Å². The molecule has 0 bridgehead atoms. The number of hydrogen-bond acceptors (Lipinski definition) is 5. The molecule has 196 valence electrons. The Kier molecular flexibility index (Phi) is 6.94. The molecule has 2 aliphatic rings. The second kappa shape index (κ2) is 10.3. The number of nitrogens with zero attached hydrogens (tertiary/aromatic N) is 4. The standard InChI is InChI=1S/C30H34N6O2/c1-18-15-19(2)24(29(37)36-13-11-22(12-14-36)21-7-5-20(17-31)6-8-21)16-23(18)27-32-25-9-10-26(30(38)35(3)4)33-28(25)34-27/h5-8,15-16,22,26,33H,9-14H2,1-4H3,(H,32,34). The van der Waals surface area contributed by atoms with Gasteiger partial charge in [0.15, 0.2) is 0 Å². The molecule has 1 aromatic heterocycles. The number of piperidine rings is 1. The quantitative estimate of drug-likeness (QED) is 0.541. The lowest BCUT2D eigenvalue weighted by molar-refractivity contribution is -0.129. The molecule has 3 heterocycles. The minimum absolute atomic E-state index is 0.0492. The van der Waals surface area contributed by atoms with Gasteiger partial charge in [-0.25, -0.2) is 4.98 Å². The van der Waals surface area contributed by atoms with E-state index in [-0.39, 0.29) is 17.9 Å². The van der Waals surface area contributed by atoms with Crippen LogP contribution in [0.25, 0.3) is 11.4 Å². The number of H-pyrrole nitrogens is 1. The molecule has 2 aliphatic heterocycles. The van der Waals surface area contributed by atoms with Crippen molar-refractivity contribution in [1.82, 2.24) is 19.8 Å². The number of likely N-dealkylation sites (tertiary alicyclic amines) is 1. The summed E-state index contributed by atoms with van der Waals surface area (Å²) in [5.41, 5.74) is 6.42. The SMILES string of the molecule is Cc1cc(C)c(-c2nc3c([nH]2)NC(C(=O)N(C)C)CC3)cc1C(=O)N1CCC(c2ccc(C#N)cc2)CC1. The van der Waals surface area contributed by atoms with Gasteiger partial charge in [-0.15, -0.1) is 0 Å². The number of rotatable bonds is 4. The lowest BCUT2D eigenvalue weighted by Gasteiger charge is -2.32. The van der Waals surface area contributed by atoms with Crippen LogP contribution in [0.2, 0.25) is 0 Å². The third-order valence-corrected chi connectivity index (χ3v) is 7.86. The Balaban J connectivity index is 1.32. The molecule has 38 heavy (non-hydrogen) atoms. The summed E-state index contributed by atoms with van der Waals surface area (Å²) in [6, 6.07) is 13.7. The van der Waals surface area contributed by atoms with Crippen LogP contribution >= 0.6 is 0 Å². The van der Waals surface area contributed by atoms with Crippen molar-refractivity contribution < 1.29 is 9.59 Å². The van der Waals surface area contributed by atoms with Crippen molar-refractivity contribution in [2.75, 3.05) is 32.5 Å². The second-order valence-electron chi connectivity index (χ2n) is 10.7. The second-order valence-corrected chi connectivity index (χ2v) is 10.7. The molecule has 1 fully saturated rings. The van der Waals surface area contributed by atoms with E-state index < -0.39 is 0 Å². The summed E-state index contributed by atoms with van der Waals surface area (Å²) in [6.45, 7) is 5.42. The highest BCUT2D eigenvalue weighted by Gasteiger charge is 2.29. The molecule has 2 N–H and O–H groups in total. The number of imidazole rings is 1. The first-order valence-corrected chi connectivity index (χ1v) is 13.2. The number of aromatic amines is 1. The Morgan fingerprint density at radius 1 is 1.05 bits per heavy atom. The summed E-state index contributed by atoms with van der Waals surface area (Å²) in [7, 11) is 3.53. The average Bonchev–Trinajstić information content (AvgIpc) is 3.35. The number of hydrogen-bond donors (Lipinski definition) is 2. The lowest BCUT2D eigenvalue weighted by Crippen LogP contribution is -2.41. The number of amides is 2. The van der Waals surface area contributed by atoms with E-state index in [1.807, 2.05) is 49.1 Å². The number of benzene rings is 2. The Bertz CT molecular complexity index is 1410. The molecule has 1 saturated heterocycles. The first-order valence-electron chi connectivity index (χ1n) is 13.2. The van der Waals surface area contributed by atoms with Crippen LogP contribution in [0.15, 0.2) is 36.4 Å². The fourth-order valence-electron chi connectivity index (χ4n) is 5.62. The van der Waals surface area contributed by atoms with Crippen LogP contribution in [-0.2, 0) is 11.2 Å². The van der Waals surface area contributed by atoms with Gasteiger partial charge in [-0.1, -0.05) is 18.2 Å². The molecular formula is C30H34N6O2. The number of anilines is 1. The number of nitrogens with one attached hydrogen (secondary N) is 2. The summed E-state index contributed by atoms with van der Waals surface area (Å²) in [5, 5.41) is 12.4. The van der Waals surface area contributed by atoms with Crippen molar-refractivity contribution in [3.05, 3.63) is 69.9 Å². The van der Waals surface area contributed by atoms with E-state index in [9.17, 15) is 9.59 Å². The van der Waals surface area contributed by atoms with Gasteiger partial charge in [0.25, 0.3) is 5.91 Å². The minimum Gasteiger partial charge on any atom is -0.358 e. The van der Waals surface area contributed by atoms with Gasteiger partial charge in [0.1, 0.15) is 17.7 Å². The average molecular weight is 511 g/mol. The first kappa shape index (κ1) is 25.5. The minimum atomic E-state index is -0.269. The third-order valence-electron chi connectivity index (χ3n) is 7.86. The summed E-state index contributed by atoms with van der Waals surface area (Å²) in [4.78, 5) is 37.8. The molecule has 1 unspecified atom stereocenters. The Labute approximate surface area is 223 Å². The molecule has 0 radical (unpaired) electrons. The monoisotopic (exact) mass is 510 g/mol. The van der Waals surface area contributed by atoms with Crippen molar-refractivity contribution in [2.24, 2.45) is 0 Å². The zero-order valence-corrected chi connectivity index (χ0v) is 22.5. The molecule has 2 aromatic carbocycles. The van der Waals surface area contributed by atoms with E-state index in [0.717, 1.165) is 41.0 Å². The van der Waals surface area contributed by atoms with Gasteiger partial charge in [-0.2, -0.15) is 5.26 Å². The number of carbonyl (C=O) groups is 2. The van der Waals surface area contributed by atoms with Gasteiger partial charge >= 0.3 is 0 Å². The molecule has 0 spiro atoms. The number of nitriles is 1. The fourth-order valence-corrected chi connectivity index (χ4v) is 5.62. The summed E-state index contributed by atoms with van der Waals surface area (Å²) < 4.78 is 0. The number of aryl methyl sites for hydroxylation is 3. The van der Waals surface area contributed by atoms with Gasteiger partial charge in [-0.05, 0) is 80.3 Å². The van der Waals surface area contributed by atoms with Gasteiger partial charge in [0.05, 0.1) is 17.3 Å². The molecule has 0 saturated carbocycles. The molecule has 5 rings (SSSR count). The van der Waals surface area contributed by atoms with E-state index in [4.69, 9.17) is 10.2 Å². The van der Waals surface area contributed by atoms with Crippen LogP contribution < -0.4 is 5.32 Å². The molecule has 1 atom stereocenters. The maximum absolute atomic E-state index is 13.6. The van der Waals surface area contributed by atoms with Crippen LogP contribution in [0.4, 0.5) is 5.82 Å². The van der Waals surface area contributed by atoms with Gasteiger partial charge in [0.2, 0.25) is 5.91 Å². The van der Waals surface area contributed by atoms with E-state index in [0.29, 0.717) is 48.8 Å². The highest BCUT2D eigenvalue weighted by Crippen LogP contribution is 2.33. The highest BCUT2D eigenvalue weighted by atomic mass is 16.2. The van der Waals surface area contributed by atoms with Crippen molar-refractivity contribution >= 4 is 17.6 Å². The van der Waals surface area contributed by atoms with Gasteiger partial charge < -0.3 is 20.1 Å². The van der Waals surface area contributed by atoms with Crippen LogP contribution in [0.3, 0.4) is 0 Å². The van der Waals surface area contributed by atoms with E-state index in [1.54, 1.807) is 19.0 Å². The summed E-state index contributed by atoms with van der Waals surface area (Å²) in [5.74, 6) is 1.99. The highest BCUT2D eigenvalue weighted by molar-refractivity contribution is 5.97. The Hall–Kier alpha value is -4.12. The zero-order valence-electron chi connectivity index (χ0n) is 22.5. The van der Waals surface area contributed by atoms with E-state index >= 15 is 0 Å². The zero-order chi connectivity index (χ0) is 27.0. The number of aromatic nitrogens is 2. The largest absolute Gasteiger partial charge is 0.358 e. The summed E-state index contributed by atoms with van der Waals surface area (Å²) in [6.07, 6.45) is 3.22. The normalized spacial score (nSPS) is 17.3. The maximum Gasteiger partial charge on any atom is 0.254 e. The lowest BCUT2D eigenvalue weighted by atomic mass is 9.88. The molecule has 3 aromatic rings. The predicted molar refractivity (Wildman–Crippen MR) is 147 cm³/mol. The molecular weight excluding hydrogens is 476 g/mol. The molecule has 8 heteroatoms. The van der Waals surface area contributed by atoms with Crippen molar-refractivity contribution in [2.45, 2.75) is 51.5 Å². The van der Waals surface area contributed by atoms with Crippen molar-refractivity contribution in [1.29, 1.82) is 5.26 Å². The Morgan fingerprint density at radius 3 is 2.42 bits per heavy atom. The van der Waals surface area contributed by atoms with Crippen LogP contribution in [0, 0.1) is 25.2 Å². The van der Waals surface area contributed by atoms with Gasteiger partial charge in [-0.3, -0.25) is 9.59 Å². The van der Waals surface area contributed by atoms with Crippen molar-refractivity contribution in [3.8, 4) is 17.5 Å². The number of carbonyl (C=O) groups excluding carboxylic acids is 2.